The number of para-hydroxylation sites is 1. The van der Waals surface area contributed by atoms with Crippen molar-refractivity contribution in [3.8, 4) is 11.4 Å². The van der Waals surface area contributed by atoms with Gasteiger partial charge in [0, 0.05) is 57.5 Å². The molecule has 0 aliphatic carbocycles. The Morgan fingerprint density at radius 2 is 1.66 bits per heavy atom. The van der Waals surface area contributed by atoms with Crippen LogP contribution in [0.3, 0.4) is 0 Å². The summed E-state index contributed by atoms with van der Waals surface area (Å²) in [4.78, 5) is 15.9. The zero-order valence-electron chi connectivity index (χ0n) is 24.5. The van der Waals surface area contributed by atoms with E-state index in [1.807, 2.05) is 68.4 Å². The first-order valence-corrected chi connectivity index (χ1v) is 15.2. The Hall–Kier alpha value is -4.60. The van der Waals surface area contributed by atoms with Crippen LogP contribution in [0.15, 0.2) is 95.6 Å². The third-order valence-corrected chi connectivity index (χ3v) is 8.04. The molecule has 7 rings (SSSR count). The third kappa shape index (κ3) is 6.34. The first kappa shape index (κ1) is 29.5. The minimum absolute atomic E-state index is 0.316. The van der Waals surface area contributed by atoms with Crippen LogP contribution in [0.2, 0.25) is 0 Å². The van der Waals surface area contributed by atoms with Crippen molar-refractivity contribution in [3.63, 3.8) is 0 Å². The number of aryl methyl sites for hydroxylation is 1. The minimum Gasteiger partial charge on any atom is -0.398 e. The van der Waals surface area contributed by atoms with Crippen molar-refractivity contribution in [1.82, 2.24) is 15.0 Å². The van der Waals surface area contributed by atoms with Crippen molar-refractivity contribution in [1.29, 1.82) is 0 Å². The summed E-state index contributed by atoms with van der Waals surface area (Å²) in [6, 6.07) is 26.4. The van der Waals surface area contributed by atoms with Gasteiger partial charge in [0.2, 0.25) is 0 Å². The average molecular weight is 652 g/mol. The topological polar surface area (TPSA) is 89.2 Å². The van der Waals surface area contributed by atoms with Gasteiger partial charge in [-0.3, -0.25) is 9.97 Å². The Labute approximate surface area is 264 Å². The van der Waals surface area contributed by atoms with Gasteiger partial charge in [-0.15, -0.1) is 0 Å². The lowest BCUT2D eigenvalue weighted by molar-refractivity contribution is 0.123. The maximum Gasteiger partial charge on any atom is 0.125 e. The van der Waals surface area contributed by atoms with Crippen molar-refractivity contribution in [3.05, 3.63) is 113 Å². The quantitative estimate of drug-likeness (QED) is 0.199. The van der Waals surface area contributed by atoms with E-state index in [-0.39, 0.29) is 5.82 Å². The molecule has 7 nitrogen and oxygen atoms in total. The maximum atomic E-state index is 14.1. The lowest BCUT2D eigenvalue weighted by Crippen LogP contribution is -2.36. The van der Waals surface area contributed by atoms with Crippen LogP contribution < -0.4 is 16.0 Å². The number of pyridine rings is 3. The fourth-order valence-corrected chi connectivity index (χ4v) is 5.77. The third-order valence-electron chi connectivity index (χ3n) is 7.55. The lowest BCUT2D eigenvalue weighted by atomic mass is 10.0. The Morgan fingerprint density at radius 1 is 0.864 bits per heavy atom. The molecule has 0 unspecified atom stereocenters. The van der Waals surface area contributed by atoms with Gasteiger partial charge in [0.05, 0.1) is 52.7 Å². The first-order chi connectivity index (χ1) is 21.4. The molecule has 6 aromatic rings. The highest BCUT2D eigenvalue weighted by Gasteiger charge is 2.19. The Morgan fingerprint density at radius 3 is 2.45 bits per heavy atom. The van der Waals surface area contributed by atoms with Crippen LogP contribution in [0, 0.1) is 19.7 Å². The molecule has 222 valence electrons. The maximum absolute atomic E-state index is 14.1. The van der Waals surface area contributed by atoms with Crippen LogP contribution in [-0.4, -0.2) is 41.3 Å². The molecule has 3 aromatic heterocycles. The normalized spacial score (nSPS) is 13.0. The van der Waals surface area contributed by atoms with E-state index in [2.05, 4.69) is 48.2 Å². The number of nitrogens with zero attached hydrogens (tertiary/aromatic N) is 4. The van der Waals surface area contributed by atoms with Gasteiger partial charge < -0.3 is 20.7 Å². The fraction of sp³-hybridized carbons (Fsp3) is 0.171. The molecule has 1 saturated heterocycles. The van der Waals surface area contributed by atoms with Crippen LogP contribution in [0.4, 0.5) is 27.1 Å². The van der Waals surface area contributed by atoms with E-state index in [1.165, 1.54) is 12.1 Å². The van der Waals surface area contributed by atoms with Gasteiger partial charge in [-0.1, -0.05) is 40.2 Å². The molecule has 1 fully saturated rings. The van der Waals surface area contributed by atoms with Gasteiger partial charge in [-0.05, 0) is 68.4 Å². The molecule has 3 N–H and O–H groups in total. The summed E-state index contributed by atoms with van der Waals surface area (Å²) in [7, 11) is 0. The summed E-state index contributed by atoms with van der Waals surface area (Å²) in [5.41, 5.74) is 14.5. The van der Waals surface area contributed by atoms with Crippen LogP contribution in [0.5, 0.6) is 0 Å². The first-order valence-electron chi connectivity index (χ1n) is 14.4. The van der Waals surface area contributed by atoms with Crippen molar-refractivity contribution < 1.29 is 9.13 Å². The summed E-state index contributed by atoms with van der Waals surface area (Å²) >= 11 is 3.61. The number of halogens is 2. The SMILES string of the molecule is Cc1c(-c2ccccn2)nc2cc(F)ccc2c1Nc1cc(Br)ccc1N1CCOCC1.Cc1cc(N)c2ccccc2n1. The van der Waals surface area contributed by atoms with Gasteiger partial charge in [0.15, 0.2) is 0 Å². The standard InChI is InChI=1S/C25H22BrFN4O.C10H10N2/c1-16-24(30-22-14-17(26)5-8-23(22)31-10-12-32-13-11-31)19-7-6-18(27)15-21(19)29-25(16)20-4-2-3-9-28-20;1-7-6-9(11)8-4-2-3-5-10(8)12-7/h2-9,14-15H,10-13H2,1H3,(H,29,30);2-6H,1H3,(H2,11,12). The molecule has 0 amide bonds. The smallest absolute Gasteiger partial charge is 0.125 e. The molecular weight excluding hydrogens is 619 g/mol. The second kappa shape index (κ2) is 13.0. The zero-order chi connectivity index (χ0) is 30.6. The molecule has 0 atom stereocenters. The number of morpholine rings is 1. The van der Waals surface area contributed by atoms with E-state index in [0.717, 1.165) is 79.2 Å². The highest BCUT2D eigenvalue weighted by atomic mass is 79.9. The summed E-state index contributed by atoms with van der Waals surface area (Å²) in [5, 5.41) is 5.54. The van der Waals surface area contributed by atoms with Gasteiger partial charge in [-0.25, -0.2) is 9.37 Å². The van der Waals surface area contributed by atoms with Gasteiger partial charge in [0.25, 0.3) is 0 Å². The number of anilines is 4. The summed E-state index contributed by atoms with van der Waals surface area (Å²) in [5.74, 6) is -0.316. The molecule has 9 heteroatoms. The molecule has 0 bridgehead atoms. The number of fused-ring (bicyclic) bond motifs is 2. The van der Waals surface area contributed by atoms with Gasteiger partial charge in [0.1, 0.15) is 5.82 Å². The number of benzene rings is 3. The summed E-state index contributed by atoms with van der Waals surface area (Å²) in [6.07, 6.45) is 1.74. The molecule has 1 aliphatic heterocycles. The monoisotopic (exact) mass is 650 g/mol. The predicted octanol–water partition coefficient (Wildman–Crippen LogP) is 8.21. The van der Waals surface area contributed by atoms with Crippen molar-refractivity contribution in [2.45, 2.75) is 13.8 Å². The molecule has 1 aliphatic rings. The summed E-state index contributed by atoms with van der Waals surface area (Å²) < 4.78 is 20.6. The Kier molecular flexibility index (Phi) is 8.67. The van der Waals surface area contributed by atoms with Crippen molar-refractivity contribution in [2.24, 2.45) is 0 Å². The molecule has 4 heterocycles. The van der Waals surface area contributed by atoms with E-state index in [4.69, 9.17) is 15.5 Å². The van der Waals surface area contributed by atoms with Crippen LogP contribution in [0.1, 0.15) is 11.3 Å². The predicted molar refractivity (Wildman–Crippen MR) is 181 cm³/mol. The number of nitrogens with one attached hydrogen (secondary N) is 1. The van der Waals surface area contributed by atoms with Crippen LogP contribution in [-0.2, 0) is 4.74 Å². The Balaban J connectivity index is 0.000000238. The van der Waals surface area contributed by atoms with Gasteiger partial charge >= 0.3 is 0 Å². The second-order valence-electron chi connectivity index (χ2n) is 10.6. The molecular formula is C35H32BrFN6O. The van der Waals surface area contributed by atoms with E-state index >= 15 is 0 Å². The molecule has 0 radical (unpaired) electrons. The molecule has 0 spiro atoms. The number of hydrogen-bond donors (Lipinski definition) is 2. The molecule has 0 saturated carbocycles. The van der Waals surface area contributed by atoms with Gasteiger partial charge in [-0.2, -0.15) is 0 Å². The number of ether oxygens (including phenoxy) is 1. The van der Waals surface area contributed by atoms with E-state index < -0.39 is 0 Å². The van der Waals surface area contributed by atoms with Crippen LogP contribution in [0.25, 0.3) is 33.2 Å². The van der Waals surface area contributed by atoms with E-state index in [9.17, 15) is 4.39 Å². The van der Waals surface area contributed by atoms with E-state index in [1.54, 1.807) is 12.3 Å². The minimum atomic E-state index is -0.316. The fourth-order valence-electron chi connectivity index (χ4n) is 5.41. The highest BCUT2D eigenvalue weighted by Crippen LogP contribution is 2.38. The second-order valence-corrected chi connectivity index (χ2v) is 11.5. The number of nitrogen functional groups attached to an aromatic ring is 1. The summed E-state index contributed by atoms with van der Waals surface area (Å²) in [6.45, 7) is 7.04. The largest absolute Gasteiger partial charge is 0.398 e. The number of hydrogen-bond acceptors (Lipinski definition) is 7. The average Bonchev–Trinajstić information content (AvgIpc) is 3.03. The lowest BCUT2D eigenvalue weighted by Gasteiger charge is -2.31. The molecule has 3 aromatic carbocycles. The molecule has 44 heavy (non-hydrogen) atoms. The highest BCUT2D eigenvalue weighted by molar-refractivity contribution is 9.10. The zero-order valence-corrected chi connectivity index (χ0v) is 26.1. The van der Waals surface area contributed by atoms with E-state index in [0.29, 0.717) is 18.7 Å². The number of nitrogens with two attached hydrogens (primary N) is 1. The number of rotatable bonds is 4. The Bertz CT molecular complexity index is 1950. The number of aromatic nitrogens is 3. The van der Waals surface area contributed by atoms with Crippen molar-refractivity contribution in [2.75, 3.05) is 42.3 Å². The van der Waals surface area contributed by atoms with Crippen LogP contribution >= 0.6 is 15.9 Å². The van der Waals surface area contributed by atoms with Crippen molar-refractivity contribution >= 4 is 60.5 Å².